The van der Waals surface area contributed by atoms with Gasteiger partial charge >= 0.3 is 5.97 Å². The summed E-state index contributed by atoms with van der Waals surface area (Å²) in [6.07, 6.45) is 2.12. The Morgan fingerprint density at radius 1 is 1.42 bits per heavy atom. The average Bonchev–Trinajstić information content (AvgIpc) is 2.85. The number of phenolic OH excluding ortho intramolecular Hbond substituents is 1. The number of nitrogens with zero attached hydrogens (tertiary/aromatic N) is 1. The number of likely N-dealkylation sites (tertiary alicyclic amines) is 1. The number of hydrogen-bond acceptors (Lipinski definition) is 3. The van der Waals surface area contributed by atoms with E-state index in [9.17, 15) is 9.90 Å². The van der Waals surface area contributed by atoms with E-state index in [0.29, 0.717) is 12.0 Å². The topological polar surface area (TPSA) is 60.8 Å². The van der Waals surface area contributed by atoms with Crippen LogP contribution in [0.4, 0.5) is 0 Å². The summed E-state index contributed by atoms with van der Waals surface area (Å²) < 4.78 is 0. The fraction of sp³-hybridized carbons (Fsp3) is 0.533. The summed E-state index contributed by atoms with van der Waals surface area (Å²) in [4.78, 5) is 13.0. The number of hydrogen-bond donors (Lipinski definition) is 2. The third-order valence-corrected chi connectivity index (χ3v) is 4.01. The molecule has 2 atom stereocenters. The van der Waals surface area contributed by atoms with Gasteiger partial charge in [-0.1, -0.05) is 12.1 Å². The second-order valence-electron chi connectivity index (χ2n) is 5.35. The van der Waals surface area contributed by atoms with Gasteiger partial charge < -0.3 is 10.2 Å². The molecule has 4 heteroatoms. The Morgan fingerprint density at radius 2 is 2.11 bits per heavy atom. The molecule has 1 heterocycles. The first-order valence-electron chi connectivity index (χ1n) is 6.81. The lowest BCUT2D eigenvalue weighted by molar-refractivity contribution is -0.137. The maximum absolute atomic E-state index is 10.6. The van der Waals surface area contributed by atoms with Gasteiger partial charge in [0.15, 0.2) is 0 Å². The maximum Gasteiger partial charge on any atom is 0.303 e. The molecule has 2 unspecified atom stereocenters. The van der Waals surface area contributed by atoms with Gasteiger partial charge in [0.2, 0.25) is 0 Å². The largest absolute Gasteiger partial charge is 0.508 e. The highest BCUT2D eigenvalue weighted by Gasteiger charge is 2.26. The number of benzene rings is 1. The Kier molecular flexibility index (Phi) is 4.43. The van der Waals surface area contributed by atoms with Crippen molar-refractivity contribution in [1.82, 2.24) is 4.90 Å². The van der Waals surface area contributed by atoms with E-state index in [0.717, 1.165) is 25.9 Å². The Hall–Kier alpha value is -1.55. The van der Waals surface area contributed by atoms with Crippen LogP contribution in [-0.2, 0) is 4.79 Å². The molecule has 2 N–H and O–H groups in total. The van der Waals surface area contributed by atoms with Crippen molar-refractivity contribution in [3.05, 3.63) is 29.8 Å². The summed E-state index contributed by atoms with van der Waals surface area (Å²) in [6, 6.07) is 7.64. The minimum Gasteiger partial charge on any atom is -0.508 e. The van der Waals surface area contributed by atoms with Gasteiger partial charge in [-0.3, -0.25) is 9.69 Å². The normalized spacial score (nSPS) is 21.4. The molecule has 0 saturated carbocycles. The minimum atomic E-state index is -0.704. The van der Waals surface area contributed by atoms with Crippen molar-refractivity contribution in [3.8, 4) is 5.75 Å². The van der Waals surface area contributed by atoms with Crippen molar-refractivity contribution in [3.63, 3.8) is 0 Å². The van der Waals surface area contributed by atoms with Crippen LogP contribution in [0.5, 0.6) is 5.75 Å². The van der Waals surface area contributed by atoms with Crippen molar-refractivity contribution < 1.29 is 15.0 Å². The summed E-state index contributed by atoms with van der Waals surface area (Å²) in [7, 11) is 0. The fourth-order valence-electron chi connectivity index (χ4n) is 2.74. The number of carboxylic acid groups (broad SMARTS) is 1. The zero-order valence-electron chi connectivity index (χ0n) is 11.2. The molecular formula is C15H21NO3. The van der Waals surface area contributed by atoms with Crippen LogP contribution >= 0.6 is 0 Å². The Morgan fingerprint density at radius 3 is 2.74 bits per heavy atom. The van der Waals surface area contributed by atoms with Gasteiger partial charge in [0.25, 0.3) is 0 Å². The van der Waals surface area contributed by atoms with E-state index in [-0.39, 0.29) is 12.2 Å². The predicted octanol–water partition coefficient (Wildman–Crippen LogP) is 2.64. The van der Waals surface area contributed by atoms with Crippen LogP contribution in [-0.4, -0.2) is 34.2 Å². The summed E-state index contributed by atoms with van der Waals surface area (Å²) in [5.74, 6) is 0.0809. The molecule has 19 heavy (non-hydrogen) atoms. The Bertz CT molecular complexity index is 430. The highest BCUT2D eigenvalue weighted by Crippen LogP contribution is 2.29. The molecule has 0 radical (unpaired) electrons. The molecule has 104 valence electrons. The molecule has 1 aliphatic rings. The lowest BCUT2D eigenvalue weighted by Gasteiger charge is -2.24. The molecule has 0 spiro atoms. The molecule has 2 rings (SSSR count). The highest BCUT2D eigenvalue weighted by atomic mass is 16.4. The predicted molar refractivity (Wildman–Crippen MR) is 73.1 cm³/mol. The molecule has 4 nitrogen and oxygen atoms in total. The smallest absolute Gasteiger partial charge is 0.303 e. The van der Waals surface area contributed by atoms with Gasteiger partial charge in [-0.05, 0) is 49.9 Å². The second-order valence-corrected chi connectivity index (χ2v) is 5.35. The van der Waals surface area contributed by atoms with Crippen LogP contribution in [0, 0.1) is 5.92 Å². The Balaban J connectivity index is 1.89. The quantitative estimate of drug-likeness (QED) is 0.857. The number of phenols is 1. The van der Waals surface area contributed by atoms with Crippen molar-refractivity contribution in [1.29, 1.82) is 0 Å². The Labute approximate surface area is 113 Å². The first-order chi connectivity index (χ1) is 9.06. The molecule has 0 aromatic heterocycles. The van der Waals surface area contributed by atoms with Crippen LogP contribution in [0.1, 0.15) is 37.8 Å². The van der Waals surface area contributed by atoms with Crippen molar-refractivity contribution in [2.45, 2.75) is 32.2 Å². The lowest BCUT2D eigenvalue weighted by Crippen LogP contribution is -2.24. The van der Waals surface area contributed by atoms with Crippen LogP contribution in [0.15, 0.2) is 24.3 Å². The zero-order chi connectivity index (χ0) is 13.8. The van der Waals surface area contributed by atoms with Crippen LogP contribution in [0.3, 0.4) is 0 Å². The van der Waals surface area contributed by atoms with Gasteiger partial charge in [-0.25, -0.2) is 0 Å². The van der Waals surface area contributed by atoms with Gasteiger partial charge in [-0.2, -0.15) is 0 Å². The van der Waals surface area contributed by atoms with Crippen LogP contribution < -0.4 is 0 Å². The van der Waals surface area contributed by atoms with E-state index in [1.54, 1.807) is 12.1 Å². The fourth-order valence-corrected chi connectivity index (χ4v) is 2.74. The first kappa shape index (κ1) is 13.9. The molecule has 1 aromatic rings. The average molecular weight is 263 g/mol. The van der Waals surface area contributed by atoms with E-state index in [1.165, 1.54) is 5.56 Å². The van der Waals surface area contributed by atoms with E-state index in [1.807, 2.05) is 12.1 Å². The maximum atomic E-state index is 10.6. The second kappa shape index (κ2) is 6.06. The molecule has 0 aliphatic carbocycles. The van der Waals surface area contributed by atoms with Gasteiger partial charge in [-0.15, -0.1) is 0 Å². The molecule has 1 aromatic carbocycles. The third kappa shape index (κ3) is 3.70. The van der Waals surface area contributed by atoms with Gasteiger partial charge in [0, 0.05) is 19.0 Å². The van der Waals surface area contributed by atoms with E-state index in [2.05, 4.69) is 11.8 Å². The number of carbonyl (C=O) groups is 1. The number of carboxylic acids is 1. The van der Waals surface area contributed by atoms with Gasteiger partial charge in [0.1, 0.15) is 5.75 Å². The monoisotopic (exact) mass is 263 g/mol. The number of aliphatic carboxylic acids is 1. The van der Waals surface area contributed by atoms with Crippen LogP contribution in [0.2, 0.25) is 0 Å². The summed E-state index contributed by atoms with van der Waals surface area (Å²) in [5.41, 5.74) is 1.19. The molecule has 0 amide bonds. The standard InChI is InChI=1S/C15H21NO3/c1-11(13-3-5-14(17)6-4-13)16-9-8-12(10-16)2-7-15(18)19/h3-6,11-12,17H,2,7-10H2,1H3,(H,18,19). The van der Waals surface area contributed by atoms with E-state index < -0.39 is 5.97 Å². The molecule has 1 saturated heterocycles. The lowest BCUT2D eigenvalue weighted by atomic mass is 10.0. The van der Waals surface area contributed by atoms with Crippen molar-refractivity contribution in [2.24, 2.45) is 5.92 Å². The van der Waals surface area contributed by atoms with Crippen molar-refractivity contribution in [2.75, 3.05) is 13.1 Å². The summed E-state index contributed by atoms with van der Waals surface area (Å²) >= 11 is 0. The molecule has 1 aliphatic heterocycles. The summed E-state index contributed by atoms with van der Waals surface area (Å²) in [6.45, 7) is 4.15. The third-order valence-electron chi connectivity index (χ3n) is 4.01. The molecule has 0 bridgehead atoms. The van der Waals surface area contributed by atoms with Crippen LogP contribution in [0.25, 0.3) is 0 Å². The highest BCUT2D eigenvalue weighted by molar-refractivity contribution is 5.66. The minimum absolute atomic E-state index is 0.270. The number of aromatic hydroxyl groups is 1. The molecular weight excluding hydrogens is 242 g/mol. The molecule has 1 fully saturated rings. The van der Waals surface area contributed by atoms with E-state index in [4.69, 9.17) is 5.11 Å². The van der Waals surface area contributed by atoms with Crippen molar-refractivity contribution >= 4 is 5.97 Å². The first-order valence-corrected chi connectivity index (χ1v) is 6.81. The number of rotatable bonds is 5. The summed E-state index contributed by atoms with van der Waals surface area (Å²) in [5, 5.41) is 18.0. The zero-order valence-corrected chi connectivity index (χ0v) is 11.2. The SMILES string of the molecule is CC(c1ccc(O)cc1)N1CCC(CCC(=O)O)C1. The van der Waals surface area contributed by atoms with E-state index >= 15 is 0 Å². The van der Waals surface area contributed by atoms with Gasteiger partial charge in [0.05, 0.1) is 0 Å².